The number of anilines is 1. The Morgan fingerprint density at radius 3 is 2.85 bits per heavy atom. The lowest BCUT2D eigenvalue weighted by Gasteiger charge is -2.34. The van der Waals surface area contributed by atoms with E-state index in [9.17, 15) is 4.79 Å². The van der Waals surface area contributed by atoms with Gasteiger partial charge in [0, 0.05) is 19.5 Å². The van der Waals surface area contributed by atoms with Crippen LogP contribution in [-0.4, -0.2) is 44.2 Å². The summed E-state index contributed by atoms with van der Waals surface area (Å²) in [6.07, 6.45) is 11.2. The van der Waals surface area contributed by atoms with Gasteiger partial charge in [0.2, 0.25) is 0 Å². The molecule has 2 aromatic heterocycles. The summed E-state index contributed by atoms with van der Waals surface area (Å²) >= 11 is 0. The Labute approximate surface area is 154 Å². The van der Waals surface area contributed by atoms with Crippen LogP contribution in [0.1, 0.15) is 46.0 Å². The highest BCUT2D eigenvalue weighted by molar-refractivity contribution is 5.83. The minimum atomic E-state index is -0.285. The Morgan fingerprint density at radius 1 is 1.38 bits per heavy atom. The second-order valence-electron chi connectivity index (χ2n) is 6.92. The average molecular weight is 357 g/mol. The molecule has 140 valence electrons. The number of nitrogens with zero attached hydrogens (tertiary/aromatic N) is 5. The molecule has 0 bridgehead atoms. The third kappa shape index (κ3) is 4.03. The van der Waals surface area contributed by atoms with E-state index in [1.807, 2.05) is 17.6 Å². The van der Waals surface area contributed by atoms with E-state index in [0.29, 0.717) is 12.6 Å². The van der Waals surface area contributed by atoms with Gasteiger partial charge in [-0.15, -0.1) is 6.58 Å². The SMILES string of the molecule is C=CCN(c1ncnc2c1ncn2CC(C)OC(C)=O)C1CCCCC1. The quantitative estimate of drug-likeness (QED) is 0.560. The maximum absolute atomic E-state index is 11.1. The zero-order valence-electron chi connectivity index (χ0n) is 15.6. The predicted octanol–water partition coefficient (Wildman–Crippen LogP) is 3.10. The lowest BCUT2D eigenvalue weighted by molar-refractivity contribution is -0.145. The van der Waals surface area contributed by atoms with Gasteiger partial charge in [0.1, 0.15) is 12.4 Å². The molecule has 0 saturated heterocycles. The predicted molar refractivity (Wildman–Crippen MR) is 101 cm³/mol. The minimum absolute atomic E-state index is 0.245. The van der Waals surface area contributed by atoms with Crippen molar-refractivity contribution < 1.29 is 9.53 Å². The van der Waals surface area contributed by atoms with Gasteiger partial charge < -0.3 is 14.2 Å². The van der Waals surface area contributed by atoms with Crippen LogP contribution in [0.4, 0.5) is 5.82 Å². The summed E-state index contributed by atoms with van der Waals surface area (Å²) in [6.45, 7) is 8.45. The van der Waals surface area contributed by atoms with Crippen molar-refractivity contribution in [2.75, 3.05) is 11.4 Å². The third-order valence-corrected chi connectivity index (χ3v) is 4.82. The van der Waals surface area contributed by atoms with Crippen LogP contribution in [0.2, 0.25) is 0 Å². The van der Waals surface area contributed by atoms with Gasteiger partial charge in [-0.3, -0.25) is 4.79 Å². The fraction of sp³-hybridized carbons (Fsp3) is 0.579. The first-order valence-electron chi connectivity index (χ1n) is 9.30. The van der Waals surface area contributed by atoms with Gasteiger partial charge >= 0.3 is 5.97 Å². The van der Waals surface area contributed by atoms with E-state index in [0.717, 1.165) is 23.5 Å². The molecule has 0 aromatic carbocycles. The Hall–Kier alpha value is -2.44. The average Bonchev–Trinajstić information content (AvgIpc) is 3.03. The fourth-order valence-corrected chi connectivity index (χ4v) is 3.75. The molecule has 1 aliphatic carbocycles. The minimum Gasteiger partial charge on any atom is -0.461 e. The van der Waals surface area contributed by atoms with Gasteiger partial charge in [0.05, 0.1) is 12.9 Å². The van der Waals surface area contributed by atoms with E-state index in [-0.39, 0.29) is 12.1 Å². The Morgan fingerprint density at radius 2 is 2.15 bits per heavy atom. The highest BCUT2D eigenvalue weighted by Gasteiger charge is 2.24. The Kier molecular flexibility index (Phi) is 5.85. The van der Waals surface area contributed by atoms with Gasteiger partial charge in [-0.1, -0.05) is 25.3 Å². The molecular formula is C19H27N5O2. The van der Waals surface area contributed by atoms with Crippen LogP contribution in [0.15, 0.2) is 25.3 Å². The molecule has 0 N–H and O–H groups in total. The normalized spacial score (nSPS) is 16.4. The van der Waals surface area contributed by atoms with Crippen molar-refractivity contribution >= 4 is 23.0 Å². The van der Waals surface area contributed by atoms with E-state index in [2.05, 4.69) is 26.4 Å². The van der Waals surface area contributed by atoms with Crippen molar-refractivity contribution in [3.63, 3.8) is 0 Å². The van der Waals surface area contributed by atoms with Crippen LogP contribution in [0.5, 0.6) is 0 Å². The Balaban J connectivity index is 1.90. The molecule has 0 spiro atoms. The number of rotatable bonds is 7. The van der Waals surface area contributed by atoms with Crippen LogP contribution >= 0.6 is 0 Å². The van der Waals surface area contributed by atoms with Crippen LogP contribution in [0, 0.1) is 0 Å². The number of carbonyl (C=O) groups excluding carboxylic acids is 1. The maximum atomic E-state index is 11.1. The summed E-state index contributed by atoms with van der Waals surface area (Å²) in [5.41, 5.74) is 1.55. The van der Waals surface area contributed by atoms with E-state index in [1.54, 1.807) is 12.7 Å². The lowest BCUT2D eigenvalue weighted by Crippen LogP contribution is -2.37. The zero-order valence-corrected chi connectivity index (χ0v) is 15.6. The first kappa shape index (κ1) is 18.4. The molecule has 7 nitrogen and oxygen atoms in total. The molecule has 2 heterocycles. The molecular weight excluding hydrogens is 330 g/mol. The van der Waals surface area contributed by atoms with Gasteiger partial charge in [-0.2, -0.15) is 0 Å². The molecule has 1 saturated carbocycles. The number of hydrogen-bond acceptors (Lipinski definition) is 6. The topological polar surface area (TPSA) is 73.1 Å². The number of imidazole rings is 1. The monoisotopic (exact) mass is 357 g/mol. The summed E-state index contributed by atoms with van der Waals surface area (Å²) < 4.78 is 7.15. The summed E-state index contributed by atoms with van der Waals surface area (Å²) in [5, 5.41) is 0. The molecule has 3 rings (SSSR count). The smallest absolute Gasteiger partial charge is 0.302 e. The standard InChI is InChI=1S/C19H27N5O2/c1-4-10-24(16-8-6-5-7-9-16)19-17-18(20-12-21-19)23(13-22-17)11-14(2)26-15(3)25/h4,12-14,16H,1,5-11H2,2-3H3. The van der Waals surface area contributed by atoms with E-state index >= 15 is 0 Å². The highest BCUT2D eigenvalue weighted by Crippen LogP contribution is 2.29. The zero-order chi connectivity index (χ0) is 18.5. The summed E-state index contributed by atoms with van der Waals surface area (Å²) in [7, 11) is 0. The van der Waals surface area contributed by atoms with Crippen LogP contribution in [-0.2, 0) is 16.1 Å². The number of hydrogen-bond donors (Lipinski definition) is 0. The van der Waals surface area contributed by atoms with Crippen LogP contribution in [0.3, 0.4) is 0 Å². The number of aromatic nitrogens is 4. The van der Waals surface area contributed by atoms with Gasteiger partial charge in [0.25, 0.3) is 0 Å². The number of esters is 1. The van der Waals surface area contributed by atoms with Crippen LogP contribution < -0.4 is 4.90 Å². The molecule has 2 aromatic rings. The first-order valence-corrected chi connectivity index (χ1v) is 9.30. The van der Waals surface area contributed by atoms with Crippen LogP contribution in [0.25, 0.3) is 11.2 Å². The first-order chi connectivity index (χ1) is 12.6. The van der Waals surface area contributed by atoms with E-state index in [4.69, 9.17) is 4.74 Å². The van der Waals surface area contributed by atoms with Gasteiger partial charge in [0.15, 0.2) is 17.0 Å². The summed E-state index contributed by atoms with van der Waals surface area (Å²) in [4.78, 5) is 27.0. The number of fused-ring (bicyclic) bond motifs is 1. The molecule has 1 atom stereocenters. The van der Waals surface area contributed by atoms with Crippen molar-refractivity contribution in [3.8, 4) is 0 Å². The fourth-order valence-electron chi connectivity index (χ4n) is 3.75. The van der Waals surface area contributed by atoms with Crippen molar-refractivity contribution in [1.82, 2.24) is 19.5 Å². The molecule has 0 aliphatic heterocycles. The lowest BCUT2D eigenvalue weighted by atomic mass is 9.94. The van der Waals surface area contributed by atoms with Crippen molar-refractivity contribution in [2.45, 2.75) is 64.6 Å². The maximum Gasteiger partial charge on any atom is 0.302 e. The molecule has 1 unspecified atom stereocenters. The summed E-state index contributed by atoms with van der Waals surface area (Å²) in [5.74, 6) is 0.576. The molecule has 0 radical (unpaired) electrons. The van der Waals surface area contributed by atoms with Gasteiger partial charge in [-0.05, 0) is 19.8 Å². The molecule has 7 heteroatoms. The number of ether oxygens (including phenoxy) is 1. The van der Waals surface area contributed by atoms with Gasteiger partial charge in [-0.25, -0.2) is 15.0 Å². The highest BCUT2D eigenvalue weighted by atomic mass is 16.5. The van der Waals surface area contributed by atoms with E-state index in [1.165, 1.54) is 39.0 Å². The molecule has 26 heavy (non-hydrogen) atoms. The molecule has 1 fully saturated rings. The third-order valence-electron chi connectivity index (χ3n) is 4.82. The summed E-state index contributed by atoms with van der Waals surface area (Å²) in [6, 6.07) is 0.463. The molecule has 0 amide bonds. The van der Waals surface area contributed by atoms with Crippen molar-refractivity contribution in [3.05, 3.63) is 25.3 Å². The second-order valence-corrected chi connectivity index (χ2v) is 6.92. The Bertz CT molecular complexity index is 766. The molecule has 1 aliphatic rings. The largest absolute Gasteiger partial charge is 0.461 e. The second kappa shape index (κ2) is 8.29. The van der Waals surface area contributed by atoms with Crippen molar-refractivity contribution in [2.24, 2.45) is 0 Å². The van der Waals surface area contributed by atoms with E-state index < -0.39 is 0 Å². The van der Waals surface area contributed by atoms with Crippen molar-refractivity contribution in [1.29, 1.82) is 0 Å². The number of carbonyl (C=O) groups is 1.